The minimum absolute atomic E-state index is 0.0185. The number of rotatable bonds is 10. The molecule has 1 atom stereocenters. The number of H-pyrrole nitrogens is 1. The molecule has 0 spiro atoms. The molecule has 208 valence electrons. The van der Waals surface area contributed by atoms with Gasteiger partial charge in [0, 0.05) is 53.9 Å². The second-order valence-corrected chi connectivity index (χ2v) is 11.1. The summed E-state index contributed by atoms with van der Waals surface area (Å²) in [6.07, 6.45) is 7.01. The lowest BCUT2D eigenvalue weighted by Gasteiger charge is -2.33. The zero-order chi connectivity index (χ0) is 27.9. The molecule has 6 heteroatoms. The van der Waals surface area contributed by atoms with Gasteiger partial charge in [-0.25, -0.2) is 0 Å². The van der Waals surface area contributed by atoms with Crippen LogP contribution in [0.3, 0.4) is 0 Å². The summed E-state index contributed by atoms with van der Waals surface area (Å²) < 4.78 is 0. The molecular weight excluding hydrogens is 496 g/mol. The van der Waals surface area contributed by atoms with Crippen LogP contribution in [0, 0.1) is 0 Å². The molecule has 40 heavy (non-hydrogen) atoms. The highest BCUT2D eigenvalue weighted by Crippen LogP contribution is 2.32. The van der Waals surface area contributed by atoms with Gasteiger partial charge in [-0.2, -0.15) is 0 Å². The minimum Gasteiger partial charge on any atom is -0.371 e. The Hall–Kier alpha value is -4.06. The van der Waals surface area contributed by atoms with E-state index >= 15 is 0 Å². The van der Waals surface area contributed by atoms with Crippen molar-refractivity contribution in [3.05, 3.63) is 101 Å². The van der Waals surface area contributed by atoms with Crippen LogP contribution in [-0.4, -0.2) is 35.9 Å². The molecule has 6 nitrogen and oxygen atoms in total. The highest BCUT2D eigenvalue weighted by molar-refractivity contribution is 5.87. The summed E-state index contributed by atoms with van der Waals surface area (Å²) in [6.45, 7) is 6.03. The third kappa shape index (κ3) is 6.74. The van der Waals surface area contributed by atoms with Crippen LogP contribution in [-0.2, 0) is 22.4 Å². The number of anilines is 1. The Labute approximate surface area is 237 Å². The number of carbonyl (C=O) groups is 2. The van der Waals surface area contributed by atoms with Crippen LogP contribution in [0.1, 0.15) is 67.8 Å². The maximum Gasteiger partial charge on any atom is 0.225 e. The first-order valence-corrected chi connectivity index (χ1v) is 14.5. The quantitative estimate of drug-likeness (QED) is 0.230. The van der Waals surface area contributed by atoms with Crippen LogP contribution in [0.4, 0.5) is 5.69 Å². The summed E-state index contributed by atoms with van der Waals surface area (Å²) in [5.74, 6) is 0.0340. The molecule has 0 bridgehead atoms. The number of aromatic amines is 1. The Kier molecular flexibility index (Phi) is 8.84. The summed E-state index contributed by atoms with van der Waals surface area (Å²) in [6, 6.07) is 24.7. The van der Waals surface area contributed by atoms with Crippen LogP contribution in [0.2, 0.25) is 0 Å². The molecule has 1 aliphatic heterocycles. The van der Waals surface area contributed by atoms with Gasteiger partial charge in [0.25, 0.3) is 0 Å². The van der Waals surface area contributed by atoms with Crippen molar-refractivity contribution >= 4 is 28.4 Å². The monoisotopic (exact) mass is 536 g/mol. The highest BCUT2D eigenvalue weighted by atomic mass is 16.2. The molecule has 2 amide bonds. The van der Waals surface area contributed by atoms with Gasteiger partial charge < -0.3 is 20.5 Å². The topological polar surface area (TPSA) is 77.2 Å². The zero-order valence-electron chi connectivity index (χ0n) is 23.6. The molecule has 1 fully saturated rings. The van der Waals surface area contributed by atoms with Crippen LogP contribution in [0.15, 0.2) is 79.0 Å². The van der Waals surface area contributed by atoms with E-state index in [-0.39, 0.29) is 30.3 Å². The molecule has 2 heterocycles. The number of piperidine rings is 1. The Morgan fingerprint density at radius 2 is 1.62 bits per heavy atom. The van der Waals surface area contributed by atoms with E-state index in [9.17, 15) is 9.59 Å². The Morgan fingerprint density at radius 1 is 0.875 bits per heavy atom. The van der Waals surface area contributed by atoms with Crippen molar-refractivity contribution < 1.29 is 9.59 Å². The molecule has 1 unspecified atom stereocenters. The van der Waals surface area contributed by atoms with Crippen molar-refractivity contribution in [2.75, 3.05) is 18.0 Å². The van der Waals surface area contributed by atoms with Crippen molar-refractivity contribution in [1.29, 1.82) is 0 Å². The maximum atomic E-state index is 13.5. The molecule has 5 rings (SSSR count). The number of nitrogens with zero attached hydrogens (tertiary/aromatic N) is 1. The molecular formula is C34H40N4O2. The lowest BCUT2D eigenvalue weighted by molar-refractivity contribution is -0.122. The average molecular weight is 537 g/mol. The van der Waals surface area contributed by atoms with Crippen molar-refractivity contribution in [2.45, 2.75) is 64.5 Å². The minimum atomic E-state index is -0.238. The number of carbonyl (C=O) groups excluding carboxylic acids is 2. The van der Waals surface area contributed by atoms with E-state index in [4.69, 9.17) is 0 Å². The fourth-order valence-electron chi connectivity index (χ4n) is 5.72. The number of nitrogens with one attached hydrogen (secondary N) is 3. The molecule has 1 saturated heterocycles. The summed E-state index contributed by atoms with van der Waals surface area (Å²) >= 11 is 0. The van der Waals surface area contributed by atoms with E-state index in [1.54, 1.807) is 0 Å². The second-order valence-electron chi connectivity index (χ2n) is 11.1. The van der Waals surface area contributed by atoms with Crippen molar-refractivity contribution in [1.82, 2.24) is 15.6 Å². The van der Waals surface area contributed by atoms with Gasteiger partial charge in [0.05, 0.1) is 12.5 Å². The molecule has 1 aliphatic rings. The van der Waals surface area contributed by atoms with Gasteiger partial charge in [-0.05, 0) is 74.4 Å². The lowest BCUT2D eigenvalue weighted by atomic mass is 9.95. The van der Waals surface area contributed by atoms with E-state index in [0.29, 0.717) is 12.8 Å². The standard InChI is InChI=1S/C34H40N4O2/c1-24(2)36-32(39)18-16-27-23-35-30-17-15-25(21-29(27)30)22-33(40)37-34(26-11-5-3-6-12-26)28-13-7-8-14-31(28)38-19-9-4-10-20-38/h3,5-8,11-15,17,21,23-24,34-35H,4,9-10,16,18-20,22H2,1-2H3,(H,36,39)(H,37,40). The molecule has 4 aromatic rings. The maximum absolute atomic E-state index is 13.5. The summed E-state index contributed by atoms with van der Waals surface area (Å²) in [5, 5.41) is 7.39. The number of para-hydroxylation sites is 1. The van der Waals surface area contributed by atoms with Crippen molar-refractivity contribution in [3.8, 4) is 0 Å². The zero-order valence-corrected chi connectivity index (χ0v) is 23.6. The largest absolute Gasteiger partial charge is 0.371 e. The van der Waals surface area contributed by atoms with E-state index in [2.05, 4.69) is 63.0 Å². The van der Waals surface area contributed by atoms with Crippen LogP contribution < -0.4 is 15.5 Å². The predicted octanol–water partition coefficient (Wildman–Crippen LogP) is 6.06. The first-order valence-electron chi connectivity index (χ1n) is 14.5. The molecule has 3 N–H and O–H groups in total. The predicted molar refractivity (Wildman–Crippen MR) is 163 cm³/mol. The van der Waals surface area contributed by atoms with E-state index in [1.165, 1.54) is 24.9 Å². The highest BCUT2D eigenvalue weighted by Gasteiger charge is 2.23. The van der Waals surface area contributed by atoms with Gasteiger partial charge >= 0.3 is 0 Å². The van der Waals surface area contributed by atoms with Crippen LogP contribution in [0.25, 0.3) is 10.9 Å². The number of aromatic nitrogens is 1. The van der Waals surface area contributed by atoms with Gasteiger partial charge in [-0.15, -0.1) is 0 Å². The SMILES string of the molecule is CC(C)NC(=O)CCc1c[nH]c2ccc(CC(=O)NC(c3ccccc3)c3ccccc3N3CCCCC3)cc12. The summed E-state index contributed by atoms with van der Waals surface area (Å²) in [5.41, 5.74) is 6.47. The number of fused-ring (bicyclic) bond motifs is 1. The van der Waals surface area contributed by atoms with Crippen LogP contribution >= 0.6 is 0 Å². The number of amides is 2. The van der Waals surface area contributed by atoms with Gasteiger partial charge in [0.15, 0.2) is 0 Å². The third-order valence-corrected chi connectivity index (χ3v) is 7.65. The Morgan fingerprint density at radius 3 is 2.40 bits per heavy atom. The van der Waals surface area contributed by atoms with Crippen molar-refractivity contribution in [3.63, 3.8) is 0 Å². The molecule has 0 saturated carbocycles. The normalized spacial score (nSPS) is 14.3. The first kappa shape index (κ1) is 27.5. The molecule has 0 radical (unpaired) electrons. The number of hydrogen-bond donors (Lipinski definition) is 3. The number of benzene rings is 3. The number of aryl methyl sites for hydroxylation is 1. The molecule has 1 aromatic heterocycles. The van der Waals surface area contributed by atoms with Gasteiger partial charge in [0.2, 0.25) is 11.8 Å². The Balaban J connectivity index is 1.35. The number of hydrogen-bond acceptors (Lipinski definition) is 3. The second kappa shape index (κ2) is 12.9. The van der Waals surface area contributed by atoms with Crippen LogP contribution in [0.5, 0.6) is 0 Å². The summed E-state index contributed by atoms with van der Waals surface area (Å²) in [4.78, 5) is 31.5. The molecule has 0 aliphatic carbocycles. The van der Waals surface area contributed by atoms with Gasteiger partial charge in [-0.3, -0.25) is 9.59 Å². The molecule has 3 aromatic carbocycles. The summed E-state index contributed by atoms with van der Waals surface area (Å²) in [7, 11) is 0. The van der Waals surface area contributed by atoms with E-state index < -0.39 is 0 Å². The third-order valence-electron chi connectivity index (χ3n) is 7.65. The van der Waals surface area contributed by atoms with Gasteiger partial charge in [0.1, 0.15) is 0 Å². The van der Waals surface area contributed by atoms with Crippen molar-refractivity contribution in [2.24, 2.45) is 0 Å². The lowest BCUT2D eigenvalue weighted by Crippen LogP contribution is -2.34. The average Bonchev–Trinajstić information content (AvgIpc) is 3.37. The smallest absolute Gasteiger partial charge is 0.225 e. The van der Waals surface area contributed by atoms with E-state index in [1.807, 2.05) is 50.4 Å². The fourth-order valence-corrected chi connectivity index (χ4v) is 5.72. The fraction of sp³-hybridized carbons (Fsp3) is 0.353. The Bertz CT molecular complexity index is 1440. The first-order chi connectivity index (χ1) is 19.5. The van der Waals surface area contributed by atoms with Gasteiger partial charge in [-0.1, -0.05) is 54.6 Å². The van der Waals surface area contributed by atoms with E-state index in [0.717, 1.165) is 46.2 Å².